The van der Waals surface area contributed by atoms with Crippen molar-refractivity contribution in [3.8, 4) is 23.3 Å². The Balaban J connectivity index is 1.54. The van der Waals surface area contributed by atoms with E-state index in [-0.39, 0.29) is 18.2 Å². The van der Waals surface area contributed by atoms with Gasteiger partial charge in [0.1, 0.15) is 34.7 Å². The van der Waals surface area contributed by atoms with Crippen molar-refractivity contribution in [3.63, 3.8) is 0 Å². The van der Waals surface area contributed by atoms with Crippen LogP contribution in [0.1, 0.15) is 42.4 Å². The van der Waals surface area contributed by atoms with Crippen molar-refractivity contribution < 1.29 is 23.4 Å². The lowest BCUT2D eigenvalue weighted by molar-refractivity contribution is -0.136. The number of esters is 1. The number of hydrogen-bond donors (Lipinski definition) is 1. The summed E-state index contributed by atoms with van der Waals surface area (Å²) >= 11 is 0. The van der Waals surface area contributed by atoms with E-state index < -0.39 is 17.7 Å². The zero-order valence-corrected chi connectivity index (χ0v) is 18.7. The Kier molecular flexibility index (Phi) is 6.51. The Morgan fingerprint density at radius 1 is 1.09 bits per heavy atom. The first-order valence-corrected chi connectivity index (χ1v) is 10.8. The van der Waals surface area contributed by atoms with Gasteiger partial charge in [0.05, 0.1) is 5.92 Å². The number of nitrogens with zero attached hydrogens (tertiary/aromatic N) is 1. The summed E-state index contributed by atoms with van der Waals surface area (Å²) in [4.78, 5) is 12.2. The number of benzene rings is 3. The van der Waals surface area contributed by atoms with Gasteiger partial charge in [0, 0.05) is 11.6 Å². The molecule has 0 spiro atoms. The van der Waals surface area contributed by atoms with Crippen molar-refractivity contribution in [1.29, 1.82) is 5.26 Å². The predicted molar refractivity (Wildman–Crippen MR) is 124 cm³/mol. The van der Waals surface area contributed by atoms with Crippen LogP contribution in [0.5, 0.6) is 17.2 Å². The fourth-order valence-electron chi connectivity index (χ4n) is 3.75. The average Bonchev–Trinajstić information content (AvgIpc) is 2.83. The van der Waals surface area contributed by atoms with Crippen LogP contribution in [-0.4, -0.2) is 12.6 Å². The molecule has 1 atom stereocenters. The van der Waals surface area contributed by atoms with Crippen molar-refractivity contribution >= 4 is 5.97 Å². The molecule has 0 aliphatic carbocycles. The van der Waals surface area contributed by atoms with E-state index in [4.69, 9.17) is 19.9 Å². The van der Waals surface area contributed by atoms with E-state index in [0.717, 1.165) is 11.1 Å². The first-order chi connectivity index (χ1) is 16.4. The smallest absolute Gasteiger partial charge is 0.349 e. The molecule has 1 unspecified atom stereocenters. The molecule has 1 heterocycles. The highest BCUT2D eigenvalue weighted by Crippen LogP contribution is 2.43. The molecule has 4 rings (SSSR count). The second-order valence-corrected chi connectivity index (χ2v) is 8.16. The number of nitriles is 1. The molecular formula is C27H23FN2O4. The van der Waals surface area contributed by atoms with Crippen LogP contribution in [-0.2, 0) is 4.79 Å². The molecule has 34 heavy (non-hydrogen) atoms. The molecule has 0 bridgehead atoms. The number of carbonyl (C=O) groups is 1. The molecule has 172 valence electrons. The van der Waals surface area contributed by atoms with Gasteiger partial charge >= 0.3 is 5.97 Å². The molecule has 3 aromatic carbocycles. The summed E-state index contributed by atoms with van der Waals surface area (Å²) in [6.07, 6.45) is 0. The largest absolute Gasteiger partial charge is 0.482 e. The van der Waals surface area contributed by atoms with E-state index in [9.17, 15) is 14.4 Å². The van der Waals surface area contributed by atoms with Crippen LogP contribution in [0.15, 0.2) is 78.2 Å². The highest BCUT2D eigenvalue weighted by Gasteiger charge is 2.31. The van der Waals surface area contributed by atoms with E-state index in [1.165, 1.54) is 29.8 Å². The van der Waals surface area contributed by atoms with Crippen LogP contribution in [0, 0.1) is 17.1 Å². The number of hydrogen-bond acceptors (Lipinski definition) is 6. The molecule has 0 radical (unpaired) electrons. The quantitative estimate of drug-likeness (QED) is 0.405. The maximum Gasteiger partial charge on any atom is 0.349 e. The first-order valence-electron chi connectivity index (χ1n) is 10.8. The third kappa shape index (κ3) is 4.86. The molecule has 0 fully saturated rings. The van der Waals surface area contributed by atoms with Crippen molar-refractivity contribution in [2.24, 2.45) is 5.73 Å². The lowest BCUT2D eigenvalue weighted by atomic mass is 9.83. The molecule has 1 aliphatic heterocycles. The Morgan fingerprint density at radius 3 is 2.41 bits per heavy atom. The summed E-state index contributed by atoms with van der Waals surface area (Å²) in [6, 6.07) is 20.5. The Hall–Kier alpha value is -4.31. The Labute approximate surface area is 197 Å². The maximum absolute atomic E-state index is 13.0. The van der Waals surface area contributed by atoms with Crippen LogP contribution in [0.3, 0.4) is 0 Å². The summed E-state index contributed by atoms with van der Waals surface area (Å²) in [5.41, 5.74) is 9.23. The minimum Gasteiger partial charge on any atom is -0.482 e. The molecule has 0 amide bonds. The molecule has 1 aliphatic rings. The van der Waals surface area contributed by atoms with Gasteiger partial charge in [0.2, 0.25) is 5.88 Å². The molecule has 0 saturated carbocycles. The lowest BCUT2D eigenvalue weighted by Crippen LogP contribution is -2.21. The van der Waals surface area contributed by atoms with E-state index in [1.807, 2.05) is 24.3 Å². The molecule has 0 saturated heterocycles. The number of allylic oxidation sites excluding steroid dienone is 1. The predicted octanol–water partition coefficient (Wildman–Crippen LogP) is 5.15. The zero-order valence-electron chi connectivity index (χ0n) is 18.7. The number of halogens is 1. The van der Waals surface area contributed by atoms with Gasteiger partial charge in [-0.25, -0.2) is 9.18 Å². The van der Waals surface area contributed by atoms with Gasteiger partial charge in [-0.05, 0) is 47.4 Å². The van der Waals surface area contributed by atoms with Gasteiger partial charge < -0.3 is 19.9 Å². The molecular weight excluding hydrogens is 435 g/mol. The van der Waals surface area contributed by atoms with Gasteiger partial charge in [0.15, 0.2) is 6.61 Å². The van der Waals surface area contributed by atoms with Gasteiger partial charge in [-0.15, -0.1) is 0 Å². The number of carbonyl (C=O) groups excluding carboxylic acids is 1. The first kappa shape index (κ1) is 22.9. The summed E-state index contributed by atoms with van der Waals surface area (Å²) in [6.45, 7) is 3.88. The molecule has 7 heteroatoms. The highest BCUT2D eigenvalue weighted by molar-refractivity contribution is 5.74. The van der Waals surface area contributed by atoms with Crippen molar-refractivity contribution in [1.82, 2.24) is 0 Å². The van der Waals surface area contributed by atoms with Crippen LogP contribution in [0.4, 0.5) is 4.39 Å². The molecule has 6 nitrogen and oxygen atoms in total. The van der Waals surface area contributed by atoms with Gasteiger partial charge in [-0.2, -0.15) is 5.26 Å². The number of ether oxygens (including phenoxy) is 3. The summed E-state index contributed by atoms with van der Waals surface area (Å²) in [5, 5.41) is 9.73. The normalized spacial score (nSPS) is 14.7. The standard InChI is InChI=1S/C27H23FN2O4/c1-16(2)17-3-5-18(6-4-17)26-22-12-11-21(13-24(22)34-27(30)23(26)14-29)33-25(31)15-32-20-9-7-19(28)8-10-20/h3-13,16,26H,15,30H2,1-2H3. The fourth-order valence-corrected chi connectivity index (χ4v) is 3.75. The monoisotopic (exact) mass is 458 g/mol. The minimum absolute atomic E-state index is 0.0102. The summed E-state index contributed by atoms with van der Waals surface area (Å²) < 4.78 is 29.3. The topological polar surface area (TPSA) is 94.6 Å². The van der Waals surface area contributed by atoms with Gasteiger partial charge in [-0.3, -0.25) is 0 Å². The van der Waals surface area contributed by atoms with E-state index >= 15 is 0 Å². The number of nitrogens with two attached hydrogens (primary N) is 1. The number of fused-ring (bicyclic) bond motifs is 1. The van der Waals surface area contributed by atoms with E-state index in [2.05, 4.69) is 19.9 Å². The summed E-state index contributed by atoms with van der Waals surface area (Å²) in [5.74, 6) is -0.0461. The Bertz CT molecular complexity index is 1280. The van der Waals surface area contributed by atoms with Crippen molar-refractivity contribution in [3.05, 3.63) is 101 Å². The highest BCUT2D eigenvalue weighted by atomic mass is 19.1. The van der Waals surface area contributed by atoms with Crippen molar-refractivity contribution in [2.75, 3.05) is 6.61 Å². The lowest BCUT2D eigenvalue weighted by Gasteiger charge is -2.27. The minimum atomic E-state index is -0.637. The van der Waals surface area contributed by atoms with Crippen LogP contribution in [0.2, 0.25) is 0 Å². The van der Waals surface area contributed by atoms with Crippen LogP contribution >= 0.6 is 0 Å². The average molecular weight is 458 g/mol. The SMILES string of the molecule is CC(C)c1ccc(C2C(C#N)=C(N)Oc3cc(OC(=O)COc4ccc(F)cc4)ccc32)cc1. The van der Waals surface area contributed by atoms with Gasteiger partial charge in [0.25, 0.3) is 0 Å². The maximum atomic E-state index is 13.0. The number of rotatable bonds is 6. The van der Waals surface area contributed by atoms with Gasteiger partial charge in [-0.1, -0.05) is 44.2 Å². The summed E-state index contributed by atoms with van der Waals surface area (Å²) in [7, 11) is 0. The van der Waals surface area contributed by atoms with Crippen LogP contribution < -0.4 is 19.9 Å². The third-order valence-corrected chi connectivity index (χ3v) is 5.53. The fraction of sp³-hybridized carbons (Fsp3) is 0.185. The van der Waals surface area contributed by atoms with E-state index in [0.29, 0.717) is 23.0 Å². The van der Waals surface area contributed by atoms with Crippen LogP contribution in [0.25, 0.3) is 0 Å². The molecule has 0 aromatic heterocycles. The second-order valence-electron chi connectivity index (χ2n) is 8.16. The van der Waals surface area contributed by atoms with Crippen molar-refractivity contribution in [2.45, 2.75) is 25.7 Å². The zero-order chi connectivity index (χ0) is 24.2. The Morgan fingerprint density at radius 2 is 1.76 bits per heavy atom. The second kappa shape index (κ2) is 9.67. The third-order valence-electron chi connectivity index (χ3n) is 5.53. The molecule has 2 N–H and O–H groups in total. The van der Waals surface area contributed by atoms with E-state index in [1.54, 1.807) is 18.2 Å². The molecule has 3 aromatic rings.